The average molecular weight is 209 g/mol. The summed E-state index contributed by atoms with van der Waals surface area (Å²) in [5, 5.41) is 9.97. The van der Waals surface area contributed by atoms with Gasteiger partial charge in [0.2, 0.25) is 0 Å². The van der Waals surface area contributed by atoms with Gasteiger partial charge in [-0.1, -0.05) is 18.2 Å². The van der Waals surface area contributed by atoms with E-state index in [1.807, 2.05) is 38.4 Å². The molecule has 0 aliphatic rings. The highest BCUT2D eigenvalue weighted by Gasteiger charge is 2.12. The number of ether oxygens (including phenoxy) is 1. The second-order valence-electron chi connectivity index (χ2n) is 3.85. The van der Waals surface area contributed by atoms with Crippen molar-refractivity contribution in [1.82, 2.24) is 4.90 Å². The number of para-hydroxylation sites is 1. The van der Waals surface area contributed by atoms with Crippen molar-refractivity contribution in [3.8, 4) is 5.75 Å². The van der Waals surface area contributed by atoms with Crippen molar-refractivity contribution in [2.45, 2.75) is 12.5 Å². The van der Waals surface area contributed by atoms with E-state index in [2.05, 4.69) is 4.90 Å². The van der Waals surface area contributed by atoms with Gasteiger partial charge in [0, 0.05) is 12.1 Å². The lowest BCUT2D eigenvalue weighted by atomic mass is 10.1. The zero-order valence-corrected chi connectivity index (χ0v) is 9.60. The molecule has 1 aromatic rings. The Morgan fingerprint density at radius 3 is 2.60 bits per heavy atom. The first-order valence-corrected chi connectivity index (χ1v) is 5.11. The van der Waals surface area contributed by atoms with Crippen LogP contribution in [0.2, 0.25) is 0 Å². The minimum Gasteiger partial charge on any atom is -0.496 e. The summed E-state index contributed by atoms with van der Waals surface area (Å²) in [5.41, 5.74) is 0.863. The Morgan fingerprint density at radius 2 is 2.00 bits per heavy atom. The fourth-order valence-corrected chi connectivity index (χ4v) is 1.48. The molecule has 0 saturated heterocycles. The van der Waals surface area contributed by atoms with Crippen molar-refractivity contribution < 1.29 is 9.84 Å². The van der Waals surface area contributed by atoms with Crippen LogP contribution in [0.25, 0.3) is 0 Å². The first-order chi connectivity index (χ1) is 7.15. The van der Waals surface area contributed by atoms with E-state index in [9.17, 15) is 5.11 Å². The molecule has 0 saturated carbocycles. The maximum atomic E-state index is 9.97. The molecule has 1 rings (SSSR count). The number of benzene rings is 1. The van der Waals surface area contributed by atoms with Crippen LogP contribution in [0.15, 0.2) is 24.3 Å². The van der Waals surface area contributed by atoms with E-state index in [1.54, 1.807) is 7.11 Å². The zero-order valence-electron chi connectivity index (χ0n) is 9.60. The standard InChI is InChI=1S/C12H19NO2/c1-13(2)9-8-11(14)10-6-4-5-7-12(10)15-3/h4-7,11,14H,8-9H2,1-3H3. The van der Waals surface area contributed by atoms with Crippen molar-refractivity contribution in [3.63, 3.8) is 0 Å². The highest BCUT2D eigenvalue weighted by atomic mass is 16.5. The Hall–Kier alpha value is -1.06. The van der Waals surface area contributed by atoms with Gasteiger partial charge in [0.1, 0.15) is 5.75 Å². The molecule has 0 aliphatic carbocycles. The Bertz CT molecular complexity index is 299. The number of methoxy groups -OCH3 is 1. The fourth-order valence-electron chi connectivity index (χ4n) is 1.48. The van der Waals surface area contributed by atoms with Gasteiger partial charge in [0.15, 0.2) is 0 Å². The zero-order chi connectivity index (χ0) is 11.3. The van der Waals surface area contributed by atoms with E-state index in [0.29, 0.717) is 6.42 Å². The molecule has 0 aliphatic heterocycles. The summed E-state index contributed by atoms with van der Waals surface area (Å²) in [7, 11) is 5.61. The maximum absolute atomic E-state index is 9.97. The summed E-state index contributed by atoms with van der Waals surface area (Å²) in [5.74, 6) is 0.753. The van der Waals surface area contributed by atoms with Gasteiger partial charge in [-0.05, 0) is 26.6 Å². The summed E-state index contributed by atoms with van der Waals surface area (Å²) in [6, 6.07) is 7.59. The monoisotopic (exact) mass is 209 g/mol. The number of rotatable bonds is 5. The number of hydrogen-bond acceptors (Lipinski definition) is 3. The highest BCUT2D eigenvalue weighted by molar-refractivity contribution is 5.34. The second-order valence-corrected chi connectivity index (χ2v) is 3.85. The van der Waals surface area contributed by atoms with E-state index in [0.717, 1.165) is 17.9 Å². The third-order valence-electron chi connectivity index (χ3n) is 2.35. The Labute approximate surface area is 91.3 Å². The largest absolute Gasteiger partial charge is 0.496 e. The molecule has 0 fully saturated rings. The van der Waals surface area contributed by atoms with Gasteiger partial charge in [-0.15, -0.1) is 0 Å². The summed E-state index contributed by atoms with van der Waals surface area (Å²) < 4.78 is 5.20. The maximum Gasteiger partial charge on any atom is 0.124 e. The van der Waals surface area contributed by atoms with Gasteiger partial charge in [0.05, 0.1) is 13.2 Å². The molecule has 0 bridgehead atoms. The van der Waals surface area contributed by atoms with Crippen LogP contribution in [-0.2, 0) is 0 Å². The Kier molecular flexibility index (Phi) is 4.59. The molecule has 0 spiro atoms. The van der Waals surface area contributed by atoms with Crippen molar-refractivity contribution >= 4 is 0 Å². The lowest BCUT2D eigenvalue weighted by Gasteiger charge is -2.16. The quantitative estimate of drug-likeness (QED) is 0.801. The Morgan fingerprint density at radius 1 is 1.33 bits per heavy atom. The summed E-state index contributed by atoms with van der Waals surface area (Å²) in [4.78, 5) is 2.05. The molecule has 84 valence electrons. The molecule has 0 aromatic heterocycles. The smallest absolute Gasteiger partial charge is 0.124 e. The predicted octanol–water partition coefficient (Wildman–Crippen LogP) is 1.68. The van der Waals surface area contributed by atoms with Crippen LogP contribution in [0.5, 0.6) is 5.75 Å². The first kappa shape index (κ1) is 12.0. The van der Waals surface area contributed by atoms with E-state index in [4.69, 9.17) is 4.74 Å². The minimum atomic E-state index is -0.455. The van der Waals surface area contributed by atoms with Crippen LogP contribution < -0.4 is 4.74 Å². The van der Waals surface area contributed by atoms with Crippen LogP contribution in [-0.4, -0.2) is 37.8 Å². The van der Waals surface area contributed by atoms with E-state index in [-0.39, 0.29) is 0 Å². The van der Waals surface area contributed by atoms with Crippen LogP contribution in [0.4, 0.5) is 0 Å². The van der Waals surface area contributed by atoms with Gasteiger partial charge in [-0.2, -0.15) is 0 Å². The first-order valence-electron chi connectivity index (χ1n) is 5.11. The Balaban J connectivity index is 2.68. The molecule has 15 heavy (non-hydrogen) atoms. The molecule has 1 atom stereocenters. The van der Waals surface area contributed by atoms with Gasteiger partial charge >= 0.3 is 0 Å². The molecule has 0 heterocycles. The van der Waals surface area contributed by atoms with Gasteiger partial charge < -0.3 is 14.7 Å². The fraction of sp³-hybridized carbons (Fsp3) is 0.500. The van der Waals surface area contributed by atoms with Crippen molar-refractivity contribution in [2.75, 3.05) is 27.7 Å². The molecular weight excluding hydrogens is 190 g/mol. The molecule has 1 N–H and O–H groups in total. The van der Waals surface area contributed by atoms with E-state index < -0.39 is 6.10 Å². The minimum absolute atomic E-state index is 0.455. The van der Waals surface area contributed by atoms with Crippen molar-refractivity contribution in [2.24, 2.45) is 0 Å². The van der Waals surface area contributed by atoms with Crippen molar-refractivity contribution in [1.29, 1.82) is 0 Å². The van der Waals surface area contributed by atoms with Gasteiger partial charge in [-0.3, -0.25) is 0 Å². The van der Waals surface area contributed by atoms with E-state index in [1.165, 1.54) is 0 Å². The van der Waals surface area contributed by atoms with Crippen LogP contribution in [0, 0.1) is 0 Å². The summed E-state index contributed by atoms with van der Waals surface area (Å²) >= 11 is 0. The molecule has 1 aromatic carbocycles. The number of hydrogen-bond donors (Lipinski definition) is 1. The second kappa shape index (κ2) is 5.73. The topological polar surface area (TPSA) is 32.7 Å². The molecule has 3 nitrogen and oxygen atoms in total. The van der Waals surface area contributed by atoms with Crippen LogP contribution >= 0.6 is 0 Å². The number of nitrogens with zero attached hydrogens (tertiary/aromatic N) is 1. The lowest BCUT2D eigenvalue weighted by molar-refractivity contribution is 0.150. The molecule has 3 heteroatoms. The summed E-state index contributed by atoms with van der Waals surface area (Å²) in [6.07, 6.45) is 0.261. The number of aliphatic hydroxyl groups is 1. The average Bonchev–Trinajstić information content (AvgIpc) is 2.25. The third kappa shape index (κ3) is 3.53. The van der Waals surface area contributed by atoms with Gasteiger partial charge in [-0.25, -0.2) is 0 Å². The predicted molar refractivity (Wildman–Crippen MR) is 61.1 cm³/mol. The van der Waals surface area contributed by atoms with Crippen molar-refractivity contribution in [3.05, 3.63) is 29.8 Å². The van der Waals surface area contributed by atoms with Crippen LogP contribution in [0.3, 0.4) is 0 Å². The summed E-state index contributed by atoms with van der Waals surface area (Å²) in [6.45, 7) is 0.860. The van der Waals surface area contributed by atoms with E-state index >= 15 is 0 Å². The lowest BCUT2D eigenvalue weighted by Crippen LogP contribution is -2.16. The molecule has 0 radical (unpaired) electrons. The normalized spacial score (nSPS) is 12.9. The SMILES string of the molecule is COc1ccccc1C(O)CCN(C)C. The molecule has 0 amide bonds. The molecular formula is C12H19NO2. The van der Waals surface area contributed by atoms with Crippen LogP contribution in [0.1, 0.15) is 18.1 Å². The molecule has 1 unspecified atom stereocenters. The van der Waals surface area contributed by atoms with Gasteiger partial charge in [0.25, 0.3) is 0 Å². The third-order valence-corrected chi connectivity index (χ3v) is 2.35. The highest BCUT2D eigenvalue weighted by Crippen LogP contribution is 2.26. The number of aliphatic hydroxyl groups excluding tert-OH is 1.